The van der Waals surface area contributed by atoms with Gasteiger partial charge in [-0.05, 0) is 131 Å². The van der Waals surface area contributed by atoms with Crippen molar-refractivity contribution in [2.24, 2.45) is 17.8 Å². The molecule has 18 atom stereocenters. The molecule has 3 fully saturated rings. The van der Waals surface area contributed by atoms with E-state index in [-0.39, 0.29) is 31.3 Å². The average molecular weight is 984 g/mol. The number of methoxy groups -OCH3 is 1. The van der Waals surface area contributed by atoms with Gasteiger partial charge in [-0.3, -0.25) is 9.48 Å². The zero-order valence-corrected chi connectivity index (χ0v) is 43.1. The minimum absolute atomic E-state index is 0.0931. The number of aliphatic hydroxyl groups is 5. The molecule has 17 nitrogen and oxygen atoms in total. The fraction of sp³-hybridized carbons (Fsp3) is 0.820. The van der Waals surface area contributed by atoms with Crippen LogP contribution >= 0.6 is 0 Å². The molecule has 0 spiro atoms. The van der Waals surface area contributed by atoms with Crippen molar-refractivity contribution >= 4 is 5.97 Å². The van der Waals surface area contributed by atoms with E-state index in [4.69, 9.17) is 28.4 Å². The van der Waals surface area contributed by atoms with Gasteiger partial charge in [0.2, 0.25) is 0 Å². The highest BCUT2D eigenvalue weighted by atomic mass is 19.2. The Kier molecular flexibility index (Phi) is 19.7. The molecule has 69 heavy (non-hydrogen) atoms. The number of cyclic esters (lactones) is 1. The average Bonchev–Trinajstić information content (AvgIpc) is 3.75. The summed E-state index contributed by atoms with van der Waals surface area (Å²) in [7, 11) is 5.25. The summed E-state index contributed by atoms with van der Waals surface area (Å²) in [5.74, 6) is -4.59. The highest BCUT2D eigenvalue weighted by Gasteiger charge is 2.53. The van der Waals surface area contributed by atoms with E-state index in [1.807, 2.05) is 39.0 Å². The standard InChI is InChI=1S/C50H83F2N5O12/c1-14-39-50(10,63)43(59)32(6)56(12)26-28(2)24-48(8,62)45(30(4)42(31(5)46(61)67-39)68-40-25-49(9,64-13)44(60)33(7)66-40)69-47-41(58)38(22-29(3)65-47)55(11)20-15-16-35-27-57(54-53-35)21-19-34-17-18-36(51)37(52)23-34/h17-18,23,27-33,38-45,47,58-60,62-63H,14-16,19-22,24-26H2,1-13H3/t28-,29-,30+,31-,32-,33+,38+,39-,40+,41-,42+,43-,44+,45-,47+,48-,49-,50-/m1/s1. The number of aromatic nitrogens is 3. The molecule has 19 heteroatoms. The maximum absolute atomic E-state index is 14.4. The lowest BCUT2D eigenvalue weighted by Crippen LogP contribution is -2.60. The topological polar surface area (TPSA) is 211 Å². The molecule has 394 valence electrons. The number of aryl methyl sites for hydroxylation is 3. The number of benzene rings is 1. The maximum Gasteiger partial charge on any atom is 0.311 e. The number of halogens is 2. The van der Waals surface area contributed by atoms with Crippen LogP contribution in [0.2, 0.25) is 0 Å². The summed E-state index contributed by atoms with van der Waals surface area (Å²) in [5, 5.41) is 68.0. The van der Waals surface area contributed by atoms with Gasteiger partial charge in [-0.15, -0.1) is 5.10 Å². The normalized spacial score (nSPS) is 40.3. The molecule has 0 bridgehead atoms. The third kappa shape index (κ3) is 13.8. The highest BCUT2D eigenvalue weighted by molar-refractivity contribution is 5.73. The molecule has 1 aromatic carbocycles. The van der Waals surface area contributed by atoms with Gasteiger partial charge in [0.05, 0.1) is 47.2 Å². The largest absolute Gasteiger partial charge is 0.459 e. The Bertz CT molecular complexity index is 1950. The van der Waals surface area contributed by atoms with E-state index in [1.54, 1.807) is 59.2 Å². The first kappa shape index (κ1) is 57.1. The Morgan fingerprint density at radius 2 is 1.65 bits per heavy atom. The van der Waals surface area contributed by atoms with Crippen LogP contribution in [0.3, 0.4) is 0 Å². The molecule has 3 aliphatic heterocycles. The first-order chi connectivity index (χ1) is 32.2. The number of aliphatic hydroxyl groups excluding tert-OH is 3. The van der Waals surface area contributed by atoms with Gasteiger partial charge in [0.1, 0.15) is 30.0 Å². The Labute approximate surface area is 407 Å². The summed E-state index contributed by atoms with van der Waals surface area (Å²) < 4.78 is 67.0. The van der Waals surface area contributed by atoms with Gasteiger partial charge in [-0.25, -0.2) is 8.78 Å². The van der Waals surface area contributed by atoms with Gasteiger partial charge >= 0.3 is 5.97 Å². The predicted octanol–water partition coefficient (Wildman–Crippen LogP) is 4.02. The predicted molar refractivity (Wildman–Crippen MR) is 252 cm³/mol. The summed E-state index contributed by atoms with van der Waals surface area (Å²) in [4.78, 5) is 18.4. The molecule has 5 N–H and O–H groups in total. The van der Waals surface area contributed by atoms with Crippen molar-refractivity contribution in [2.75, 3.05) is 34.3 Å². The molecular weight excluding hydrogens is 901 g/mol. The Balaban J connectivity index is 1.40. The minimum atomic E-state index is -1.84. The van der Waals surface area contributed by atoms with Gasteiger partial charge < -0.3 is 63.8 Å². The van der Waals surface area contributed by atoms with Gasteiger partial charge in [0.25, 0.3) is 0 Å². The van der Waals surface area contributed by atoms with Crippen molar-refractivity contribution in [3.63, 3.8) is 0 Å². The van der Waals surface area contributed by atoms with Crippen molar-refractivity contribution in [3.8, 4) is 0 Å². The summed E-state index contributed by atoms with van der Waals surface area (Å²) in [6.45, 7) is 18.9. The smallest absolute Gasteiger partial charge is 0.311 e. The molecule has 2 aromatic rings. The van der Waals surface area contributed by atoms with Crippen LogP contribution in [0.25, 0.3) is 0 Å². The Morgan fingerprint density at radius 1 is 0.957 bits per heavy atom. The van der Waals surface area contributed by atoms with Crippen LogP contribution in [0.5, 0.6) is 0 Å². The van der Waals surface area contributed by atoms with E-state index < -0.39 is 114 Å². The van der Waals surface area contributed by atoms with Gasteiger partial charge in [-0.2, -0.15) is 0 Å². The first-order valence-electron chi connectivity index (χ1n) is 24.8. The lowest BCUT2D eigenvalue weighted by atomic mass is 9.77. The van der Waals surface area contributed by atoms with Crippen LogP contribution in [0.4, 0.5) is 8.78 Å². The van der Waals surface area contributed by atoms with Gasteiger partial charge in [0, 0.05) is 50.8 Å². The summed E-state index contributed by atoms with van der Waals surface area (Å²) in [5.41, 5.74) is -3.13. The SMILES string of the molecule is CC[C@H]1OC(=O)[C@H](C)[C@@H](O[C@H]2C[C@@](C)(OC)[C@@H](O)[C@H](C)O2)[C@H](C)[C@@H](O[C@@H]2O[C@H](C)C[C@H](N(C)CCCc3cn(CCc4ccc(F)c(F)c4)nn3)[C@H]2O)[C@](C)(O)C[C@@H](C)CN(C)[C@H](C)[C@@H](O)[C@]1(C)O. The molecule has 5 rings (SSSR count). The molecule has 4 heterocycles. The van der Waals surface area contributed by atoms with Crippen molar-refractivity contribution in [2.45, 2.75) is 211 Å². The molecule has 1 aromatic heterocycles. The number of rotatable bonds is 14. The van der Waals surface area contributed by atoms with Gasteiger partial charge in [-0.1, -0.05) is 32.1 Å². The van der Waals surface area contributed by atoms with E-state index in [9.17, 15) is 39.1 Å². The molecule has 0 unspecified atom stereocenters. The van der Waals surface area contributed by atoms with E-state index in [0.29, 0.717) is 50.9 Å². The molecule has 3 saturated heterocycles. The van der Waals surface area contributed by atoms with Crippen molar-refractivity contribution < 1.29 is 67.5 Å². The number of carbonyl (C=O) groups excluding carboxylic acids is 1. The van der Waals surface area contributed by atoms with E-state index in [0.717, 1.165) is 11.8 Å². The number of ether oxygens (including phenoxy) is 6. The third-order valence-corrected chi connectivity index (χ3v) is 15.3. The van der Waals surface area contributed by atoms with E-state index >= 15 is 0 Å². The molecule has 0 saturated carbocycles. The number of likely N-dealkylation sites (N-methyl/N-ethyl adjacent to an activating group) is 2. The Morgan fingerprint density at radius 3 is 2.30 bits per heavy atom. The molecule has 0 aliphatic carbocycles. The summed E-state index contributed by atoms with van der Waals surface area (Å²) in [6.07, 6.45) is -5.56. The third-order valence-electron chi connectivity index (χ3n) is 15.3. The van der Waals surface area contributed by atoms with Crippen molar-refractivity contribution in [1.29, 1.82) is 0 Å². The molecule has 0 amide bonds. The maximum atomic E-state index is 14.4. The minimum Gasteiger partial charge on any atom is -0.459 e. The van der Waals surface area contributed by atoms with E-state index in [2.05, 4.69) is 15.2 Å². The zero-order chi connectivity index (χ0) is 51.3. The highest BCUT2D eigenvalue weighted by Crippen LogP contribution is 2.40. The lowest BCUT2D eigenvalue weighted by molar-refractivity contribution is -0.318. The number of hydrogen-bond acceptors (Lipinski definition) is 16. The number of carbonyl (C=O) groups is 1. The van der Waals surface area contributed by atoms with Crippen LogP contribution in [-0.4, -0.2) is 181 Å². The lowest BCUT2D eigenvalue weighted by Gasteiger charge is -2.49. The monoisotopic (exact) mass is 984 g/mol. The van der Waals surface area contributed by atoms with Gasteiger partial charge in [0.15, 0.2) is 24.2 Å². The molecular formula is C50H83F2N5O12. The number of nitrogens with zero attached hydrogens (tertiary/aromatic N) is 5. The fourth-order valence-corrected chi connectivity index (χ4v) is 10.8. The van der Waals surface area contributed by atoms with Crippen LogP contribution < -0.4 is 0 Å². The molecule has 3 aliphatic rings. The van der Waals surface area contributed by atoms with Crippen LogP contribution in [0.15, 0.2) is 24.4 Å². The van der Waals surface area contributed by atoms with Crippen LogP contribution in [0, 0.1) is 29.4 Å². The first-order valence-corrected chi connectivity index (χ1v) is 24.8. The van der Waals surface area contributed by atoms with Crippen molar-refractivity contribution in [3.05, 3.63) is 47.3 Å². The second-order valence-electron chi connectivity index (χ2n) is 21.3. The second kappa shape index (κ2) is 23.8. The fourth-order valence-electron chi connectivity index (χ4n) is 10.8. The Hall–Kier alpha value is -2.79. The second-order valence-corrected chi connectivity index (χ2v) is 21.3. The van der Waals surface area contributed by atoms with Crippen molar-refractivity contribution in [1.82, 2.24) is 24.8 Å². The zero-order valence-electron chi connectivity index (χ0n) is 43.1. The van der Waals surface area contributed by atoms with E-state index in [1.165, 1.54) is 20.1 Å². The van der Waals surface area contributed by atoms with Crippen LogP contribution in [-0.2, 0) is 52.6 Å². The molecule has 0 radical (unpaired) electrons. The number of hydrogen-bond donors (Lipinski definition) is 5. The summed E-state index contributed by atoms with van der Waals surface area (Å²) in [6, 6.07) is 2.85. The summed E-state index contributed by atoms with van der Waals surface area (Å²) >= 11 is 0. The number of esters is 1. The quantitative estimate of drug-likeness (QED) is 0.169. The van der Waals surface area contributed by atoms with Crippen LogP contribution in [0.1, 0.15) is 113 Å².